The lowest BCUT2D eigenvalue weighted by Gasteiger charge is -2.11. The molecule has 2 aromatic heterocycles. The van der Waals surface area contributed by atoms with E-state index in [9.17, 15) is 4.79 Å². The van der Waals surface area contributed by atoms with Crippen molar-refractivity contribution < 1.29 is 14.1 Å². The fraction of sp³-hybridized carbons (Fsp3) is 0.235. The van der Waals surface area contributed by atoms with Crippen molar-refractivity contribution in [2.45, 2.75) is 19.5 Å². The zero-order valence-corrected chi connectivity index (χ0v) is 14.7. The first kappa shape index (κ1) is 17.1. The highest BCUT2D eigenvalue weighted by molar-refractivity contribution is 7.13. The largest absolute Gasteiger partial charge is 0.496 e. The Morgan fingerprint density at radius 1 is 1.40 bits per heavy atom. The number of ether oxygens (including phenoxy) is 1. The lowest BCUT2D eigenvalue weighted by Crippen LogP contribution is -2.37. The standard InChI is InChI=1S/C17H18N4O3S/c1-11(16(22)20-17-18-7-8-25-17)19-10-12-9-14(21-24-12)13-5-3-4-6-15(13)23-2/h3-9,11,19H,10H2,1-2H3,(H,18,20,22). The Bertz CT molecular complexity index is 832. The second kappa shape index (κ2) is 7.91. The van der Waals surface area contributed by atoms with E-state index in [1.54, 1.807) is 20.2 Å². The van der Waals surface area contributed by atoms with Crippen LogP contribution in [0.15, 0.2) is 46.4 Å². The van der Waals surface area contributed by atoms with E-state index >= 15 is 0 Å². The van der Waals surface area contributed by atoms with Gasteiger partial charge in [-0.05, 0) is 19.1 Å². The van der Waals surface area contributed by atoms with Crippen LogP contribution in [-0.4, -0.2) is 29.2 Å². The minimum atomic E-state index is -0.399. The van der Waals surface area contributed by atoms with Crippen molar-refractivity contribution in [3.63, 3.8) is 0 Å². The molecule has 7 nitrogen and oxygen atoms in total. The summed E-state index contributed by atoms with van der Waals surface area (Å²) in [6.45, 7) is 2.16. The Kier molecular flexibility index (Phi) is 5.42. The number of para-hydroxylation sites is 1. The van der Waals surface area contributed by atoms with Gasteiger partial charge in [0.2, 0.25) is 5.91 Å². The van der Waals surface area contributed by atoms with Gasteiger partial charge in [-0.3, -0.25) is 10.1 Å². The molecule has 0 saturated heterocycles. The van der Waals surface area contributed by atoms with Gasteiger partial charge in [0.25, 0.3) is 0 Å². The summed E-state index contributed by atoms with van der Waals surface area (Å²) in [5, 5.41) is 12.3. The van der Waals surface area contributed by atoms with Crippen LogP contribution in [0.3, 0.4) is 0 Å². The third-order valence-corrected chi connectivity index (χ3v) is 4.27. The van der Waals surface area contributed by atoms with E-state index in [1.807, 2.05) is 35.7 Å². The minimum Gasteiger partial charge on any atom is -0.496 e. The lowest BCUT2D eigenvalue weighted by atomic mass is 10.1. The number of anilines is 1. The highest BCUT2D eigenvalue weighted by atomic mass is 32.1. The molecule has 8 heteroatoms. The topological polar surface area (TPSA) is 89.3 Å². The van der Waals surface area contributed by atoms with Crippen LogP contribution < -0.4 is 15.4 Å². The first-order valence-corrected chi connectivity index (χ1v) is 8.58. The Morgan fingerprint density at radius 2 is 2.24 bits per heavy atom. The molecule has 0 fully saturated rings. The maximum atomic E-state index is 12.1. The number of benzene rings is 1. The Balaban J connectivity index is 1.59. The van der Waals surface area contributed by atoms with Crippen molar-refractivity contribution in [2.24, 2.45) is 0 Å². The van der Waals surface area contributed by atoms with Crippen LogP contribution in [-0.2, 0) is 11.3 Å². The SMILES string of the molecule is COc1ccccc1-c1cc(CNC(C)C(=O)Nc2nccs2)on1. The number of aromatic nitrogens is 2. The molecule has 3 aromatic rings. The molecular weight excluding hydrogens is 340 g/mol. The number of amides is 1. The van der Waals surface area contributed by atoms with Crippen molar-refractivity contribution in [3.05, 3.63) is 47.7 Å². The summed E-state index contributed by atoms with van der Waals surface area (Å²) < 4.78 is 10.7. The van der Waals surface area contributed by atoms with Crippen molar-refractivity contribution in [3.8, 4) is 17.0 Å². The lowest BCUT2D eigenvalue weighted by molar-refractivity contribution is -0.117. The van der Waals surface area contributed by atoms with Crippen molar-refractivity contribution >= 4 is 22.4 Å². The molecule has 0 aliphatic rings. The molecule has 2 N–H and O–H groups in total. The second-order valence-corrected chi connectivity index (χ2v) is 6.20. The number of nitrogens with one attached hydrogen (secondary N) is 2. The number of rotatable bonds is 7. The fourth-order valence-corrected chi connectivity index (χ4v) is 2.76. The number of carbonyl (C=O) groups excluding carboxylic acids is 1. The van der Waals surface area contributed by atoms with Gasteiger partial charge < -0.3 is 14.6 Å². The number of thiazole rings is 1. The van der Waals surface area contributed by atoms with Gasteiger partial charge in [-0.1, -0.05) is 17.3 Å². The van der Waals surface area contributed by atoms with Gasteiger partial charge in [-0.15, -0.1) is 11.3 Å². The van der Waals surface area contributed by atoms with E-state index in [0.29, 0.717) is 23.1 Å². The van der Waals surface area contributed by atoms with Crippen LogP contribution in [0.25, 0.3) is 11.3 Å². The van der Waals surface area contributed by atoms with Crippen molar-refractivity contribution in [1.82, 2.24) is 15.5 Å². The second-order valence-electron chi connectivity index (χ2n) is 5.31. The number of hydrogen-bond acceptors (Lipinski definition) is 7. The zero-order valence-electron chi connectivity index (χ0n) is 13.9. The van der Waals surface area contributed by atoms with E-state index in [4.69, 9.17) is 9.26 Å². The van der Waals surface area contributed by atoms with Crippen LogP contribution in [0.2, 0.25) is 0 Å². The molecule has 0 bridgehead atoms. The number of hydrogen-bond donors (Lipinski definition) is 2. The molecule has 1 unspecified atom stereocenters. The first-order chi connectivity index (χ1) is 12.2. The fourth-order valence-electron chi connectivity index (χ4n) is 2.22. The van der Waals surface area contributed by atoms with Crippen LogP contribution in [0.5, 0.6) is 5.75 Å². The van der Waals surface area contributed by atoms with Gasteiger partial charge in [-0.2, -0.15) is 0 Å². The molecule has 3 rings (SSSR count). The van der Waals surface area contributed by atoms with Crippen molar-refractivity contribution in [1.29, 1.82) is 0 Å². The molecule has 1 aromatic carbocycles. The van der Waals surface area contributed by atoms with Crippen molar-refractivity contribution in [2.75, 3.05) is 12.4 Å². The number of carbonyl (C=O) groups is 1. The molecule has 25 heavy (non-hydrogen) atoms. The highest BCUT2D eigenvalue weighted by Crippen LogP contribution is 2.28. The molecule has 0 radical (unpaired) electrons. The average molecular weight is 358 g/mol. The maximum Gasteiger partial charge on any atom is 0.243 e. The van der Waals surface area contributed by atoms with E-state index in [-0.39, 0.29) is 5.91 Å². The average Bonchev–Trinajstić information content (AvgIpc) is 3.31. The Labute approximate surface area is 149 Å². The zero-order chi connectivity index (χ0) is 17.6. The van der Waals surface area contributed by atoms with Gasteiger partial charge in [0.15, 0.2) is 10.9 Å². The third kappa shape index (κ3) is 4.23. The number of methoxy groups -OCH3 is 1. The smallest absolute Gasteiger partial charge is 0.243 e. The molecule has 1 atom stereocenters. The summed E-state index contributed by atoms with van der Waals surface area (Å²) in [6.07, 6.45) is 1.65. The van der Waals surface area contributed by atoms with Crippen LogP contribution in [0, 0.1) is 0 Å². The molecule has 0 spiro atoms. The Morgan fingerprint density at radius 3 is 3.00 bits per heavy atom. The highest BCUT2D eigenvalue weighted by Gasteiger charge is 2.15. The van der Waals surface area contributed by atoms with Gasteiger partial charge >= 0.3 is 0 Å². The molecular formula is C17H18N4O3S. The normalized spacial score (nSPS) is 11.9. The quantitative estimate of drug-likeness (QED) is 0.675. The summed E-state index contributed by atoms with van der Waals surface area (Å²) >= 11 is 1.38. The summed E-state index contributed by atoms with van der Waals surface area (Å²) in [5.41, 5.74) is 1.55. The summed E-state index contributed by atoms with van der Waals surface area (Å²) in [7, 11) is 1.62. The van der Waals surface area contributed by atoms with Crippen LogP contribution in [0.4, 0.5) is 5.13 Å². The third-order valence-electron chi connectivity index (χ3n) is 3.58. The molecule has 2 heterocycles. The van der Waals surface area contributed by atoms with E-state index in [2.05, 4.69) is 20.8 Å². The Hall–Kier alpha value is -2.71. The first-order valence-electron chi connectivity index (χ1n) is 7.70. The van der Waals surface area contributed by atoms with Gasteiger partial charge in [0.1, 0.15) is 11.4 Å². The van der Waals surface area contributed by atoms with Gasteiger partial charge in [0.05, 0.1) is 19.7 Å². The molecule has 0 aliphatic heterocycles. The predicted molar refractivity (Wildman–Crippen MR) is 95.5 cm³/mol. The van der Waals surface area contributed by atoms with E-state index in [1.165, 1.54) is 11.3 Å². The molecule has 130 valence electrons. The predicted octanol–water partition coefficient (Wildman–Crippen LogP) is 2.92. The van der Waals surface area contributed by atoms with Gasteiger partial charge in [-0.25, -0.2) is 4.98 Å². The maximum absolute atomic E-state index is 12.1. The molecule has 0 aliphatic carbocycles. The number of nitrogens with zero attached hydrogens (tertiary/aromatic N) is 2. The molecule has 0 saturated carbocycles. The van der Waals surface area contributed by atoms with E-state index < -0.39 is 6.04 Å². The van der Waals surface area contributed by atoms with E-state index in [0.717, 1.165) is 11.3 Å². The monoisotopic (exact) mass is 358 g/mol. The van der Waals surface area contributed by atoms with Crippen LogP contribution >= 0.6 is 11.3 Å². The molecule has 1 amide bonds. The van der Waals surface area contributed by atoms with Gasteiger partial charge in [0, 0.05) is 23.2 Å². The summed E-state index contributed by atoms with van der Waals surface area (Å²) in [5.74, 6) is 1.21. The summed E-state index contributed by atoms with van der Waals surface area (Å²) in [4.78, 5) is 16.1. The minimum absolute atomic E-state index is 0.153. The van der Waals surface area contributed by atoms with Crippen LogP contribution in [0.1, 0.15) is 12.7 Å². The summed E-state index contributed by atoms with van der Waals surface area (Å²) in [6, 6.07) is 9.02.